The number of rotatable bonds is 6. The quantitative estimate of drug-likeness (QED) is 0.167. The lowest BCUT2D eigenvalue weighted by atomic mass is 9.82. The summed E-state index contributed by atoms with van der Waals surface area (Å²) in [6.45, 7) is 4.72. The van der Waals surface area contributed by atoms with Crippen LogP contribution in [0.2, 0.25) is 0 Å². The fourth-order valence-electron chi connectivity index (χ4n) is 10.8. The second-order valence-corrected chi connectivity index (χ2v) is 17.7. The van der Waals surface area contributed by atoms with E-state index in [-0.39, 0.29) is 5.41 Å². The normalized spacial score (nSPS) is 13.0. The maximum Gasteiger partial charge on any atom is 0.138 e. The molecule has 0 bridgehead atoms. The molecule has 0 atom stereocenters. The highest BCUT2D eigenvalue weighted by atomic mass is 16.3. The fourth-order valence-corrected chi connectivity index (χ4v) is 10.8. The number of hydrogen-bond acceptors (Lipinski definition) is 2. The van der Waals surface area contributed by atoms with Crippen LogP contribution in [-0.2, 0) is 5.41 Å². The van der Waals surface area contributed by atoms with Crippen molar-refractivity contribution >= 4 is 71.6 Å². The number of para-hydroxylation sites is 1. The van der Waals surface area contributed by atoms with E-state index < -0.39 is 0 Å². The zero-order valence-electron chi connectivity index (χ0n) is 35.6. The summed E-state index contributed by atoms with van der Waals surface area (Å²) in [5, 5.41) is 7.01. The third kappa shape index (κ3) is 5.41. The average Bonchev–Trinajstić information content (AvgIpc) is 3.96. The zero-order valence-corrected chi connectivity index (χ0v) is 35.6. The first-order valence-corrected chi connectivity index (χ1v) is 22.2. The van der Waals surface area contributed by atoms with E-state index in [1.807, 2.05) is 0 Å². The molecule has 0 amide bonds. The summed E-state index contributed by atoms with van der Waals surface area (Å²) in [7, 11) is 0. The zero-order chi connectivity index (χ0) is 42.5. The van der Waals surface area contributed by atoms with Crippen LogP contribution in [0.1, 0.15) is 25.0 Å². The second kappa shape index (κ2) is 13.9. The third-order valence-electron chi connectivity index (χ3n) is 13.8. The Morgan fingerprint density at radius 2 is 1.03 bits per heavy atom. The van der Waals surface area contributed by atoms with Crippen molar-refractivity contribution in [2.24, 2.45) is 0 Å². The SMILES string of the molecule is CC1(C)c2ccccc2-c2ccc(N(c3ccc(-c4ccccc4)cc3)c3ccc4c(c3)c3c(-c5ccccc5)c5c(cc3n4-c3cccc4ccccc34)oc3ccccc35)cc21. The van der Waals surface area contributed by atoms with E-state index in [2.05, 4.69) is 242 Å². The van der Waals surface area contributed by atoms with Crippen LogP contribution in [0.5, 0.6) is 0 Å². The van der Waals surface area contributed by atoms with Crippen LogP contribution in [0, 0.1) is 0 Å². The molecule has 3 heteroatoms. The minimum Gasteiger partial charge on any atom is -0.456 e. The minimum absolute atomic E-state index is 0.149. The molecule has 10 aromatic carbocycles. The molecule has 12 aromatic rings. The van der Waals surface area contributed by atoms with Gasteiger partial charge in [-0.1, -0.05) is 172 Å². The molecule has 0 aliphatic heterocycles. The maximum atomic E-state index is 6.77. The molecule has 0 unspecified atom stereocenters. The first-order valence-electron chi connectivity index (χ1n) is 22.2. The topological polar surface area (TPSA) is 21.3 Å². The molecule has 0 saturated heterocycles. The summed E-state index contributed by atoms with van der Waals surface area (Å²) in [4.78, 5) is 2.45. The molecule has 0 radical (unpaired) electrons. The van der Waals surface area contributed by atoms with Crippen molar-refractivity contribution in [1.29, 1.82) is 0 Å². The van der Waals surface area contributed by atoms with E-state index in [1.165, 1.54) is 60.5 Å². The van der Waals surface area contributed by atoms with Gasteiger partial charge < -0.3 is 13.9 Å². The smallest absolute Gasteiger partial charge is 0.138 e. The van der Waals surface area contributed by atoms with Crippen LogP contribution >= 0.6 is 0 Å². The number of hydrogen-bond donors (Lipinski definition) is 0. The molecule has 3 nitrogen and oxygen atoms in total. The number of nitrogens with zero attached hydrogens (tertiary/aromatic N) is 2. The Morgan fingerprint density at radius 1 is 0.406 bits per heavy atom. The lowest BCUT2D eigenvalue weighted by Gasteiger charge is -2.28. The molecular formula is C61H42N2O. The van der Waals surface area contributed by atoms with Crippen molar-refractivity contribution in [3.63, 3.8) is 0 Å². The van der Waals surface area contributed by atoms with Crippen LogP contribution in [0.3, 0.4) is 0 Å². The first-order chi connectivity index (χ1) is 31.5. The molecule has 0 saturated carbocycles. The molecular weight excluding hydrogens is 777 g/mol. The molecule has 0 fully saturated rings. The lowest BCUT2D eigenvalue weighted by Crippen LogP contribution is -2.16. The van der Waals surface area contributed by atoms with Gasteiger partial charge in [0.1, 0.15) is 11.2 Å². The highest BCUT2D eigenvalue weighted by Gasteiger charge is 2.36. The van der Waals surface area contributed by atoms with E-state index in [4.69, 9.17) is 4.42 Å². The van der Waals surface area contributed by atoms with Crippen LogP contribution in [-0.4, -0.2) is 4.57 Å². The van der Waals surface area contributed by atoms with Crippen molar-refractivity contribution in [3.05, 3.63) is 230 Å². The number of aromatic nitrogens is 1. The van der Waals surface area contributed by atoms with Crippen molar-refractivity contribution in [2.75, 3.05) is 4.90 Å². The first kappa shape index (κ1) is 36.5. The van der Waals surface area contributed by atoms with Gasteiger partial charge in [-0.15, -0.1) is 0 Å². The highest BCUT2D eigenvalue weighted by molar-refractivity contribution is 6.27. The van der Waals surface area contributed by atoms with E-state index in [0.29, 0.717) is 0 Å². The molecule has 302 valence electrons. The average molecular weight is 819 g/mol. The van der Waals surface area contributed by atoms with Crippen LogP contribution in [0.25, 0.3) is 93.6 Å². The monoisotopic (exact) mass is 818 g/mol. The van der Waals surface area contributed by atoms with E-state index in [9.17, 15) is 0 Å². The van der Waals surface area contributed by atoms with Gasteiger partial charge in [-0.05, 0) is 98.9 Å². The van der Waals surface area contributed by atoms with Gasteiger partial charge in [0.05, 0.1) is 16.7 Å². The Balaban J connectivity index is 1.13. The highest BCUT2D eigenvalue weighted by Crippen LogP contribution is 2.52. The van der Waals surface area contributed by atoms with Gasteiger partial charge >= 0.3 is 0 Å². The van der Waals surface area contributed by atoms with Crippen molar-refractivity contribution < 1.29 is 4.42 Å². The summed E-state index contributed by atoms with van der Waals surface area (Å²) in [6.07, 6.45) is 0. The fraction of sp³-hybridized carbons (Fsp3) is 0.0492. The summed E-state index contributed by atoms with van der Waals surface area (Å²) in [6, 6.07) is 79.7. The van der Waals surface area contributed by atoms with Crippen molar-refractivity contribution in [3.8, 4) is 39.1 Å². The molecule has 13 rings (SSSR count). The Bertz CT molecular complexity index is 3790. The van der Waals surface area contributed by atoms with E-state index >= 15 is 0 Å². The molecule has 1 aliphatic rings. The maximum absolute atomic E-state index is 6.77. The van der Waals surface area contributed by atoms with Gasteiger partial charge in [0.25, 0.3) is 0 Å². The summed E-state index contributed by atoms with van der Waals surface area (Å²) in [5.41, 5.74) is 18.3. The van der Waals surface area contributed by atoms with Gasteiger partial charge in [-0.25, -0.2) is 0 Å². The Morgan fingerprint density at radius 3 is 1.86 bits per heavy atom. The Hall–Kier alpha value is -8.14. The number of anilines is 3. The van der Waals surface area contributed by atoms with Gasteiger partial charge in [-0.2, -0.15) is 0 Å². The standard InChI is InChI=1S/C61H42N2O/c1-61(2)51-25-13-11-23-47(51)48-34-32-45(37-52(48)61)62(43-30-28-40(29-31-43)39-16-5-3-6-17-39)44-33-35-54-50(36-44)59-55(63(54)53-26-15-21-41-18-9-10-22-46(41)53)38-57-60(49-24-12-14-27-56(49)64-57)58(59)42-19-7-4-8-20-42/h3-38H,1-2H3. The van der Waals surface area contributed by atoms with E-state index in [0.717, 1.165) is 61.3 Å². The van der Waals surface area contributed by atoms with Crippen LogP contribution < -0.4 is 4.90 Å². The second-order valence-electron chi connectivity index (χ2n) is 17.7. The predicted molar refractivity (Wildman–Crippen MR) is 269 cm³/mol. The largest absolute Gasteiger partial charge is 0.456 e. The van der Waals surface area contributed by atoms with Gasteiger partial charge in [0.15, 0.2) is 0 Å². The summed E-state index contributed by atoms with van der Waals surface area (Å²) >= 11 is 0. The van der Waals surface area contributed by atoms with Crippen LogP contribution in [0.4, 0.5) is 17.1 Å². The van der Waals surface area contributed by atoms with Gasteiger partial charge in [0, 0.05) is 61.0 Å². The number of benzene rings is 10. The molecule has 0 N–H and O–H groups in total. The van der Waals surface area contributed by atoms with Gasteiger partial charge in [0.2, 0.25) is 0 Å². The molecule has 2 heterocycles. The summed E-state index contributed by atoms with van der Waals surface area (Å²) < 4.78 is 9.23. The molecule has 0 spiro atoms. The molecule has 2 aromatic heterocycles. The van der Waals surface area contributed by atoms with E-state index in [1.54, 1.807) is 0 Å². The lowest BCUT2D eigenvalue weighted by molar-refractivity contribution is 0.660. The Kier molecular flexibility index (Phi) is 7.95. The summed E-state index contributed by atoms with van der Waals surface area (Å²) in [5.74, 6) is 0. The number of fused-ring (bicyclic) bond motifs is 10. The predicted octanol–water partition coefficient (Wildman–Crippen LogP) is 16.9. The molecule has 64 heavy (non-hydrogen) atoms. The molecule has 1 aliphatic carbocycles. The number of furan rings is 1. The third-order valence-corrected chi connectivity index (χ3v) is 13.8. The minimum atomic E-state index is -0.149. The van der Waals surface area contributed by atoms with Crippen molar-refractivity contribution in [1.82, 2.24) is 4.57 Å². The van der Waals surface area contributed by atoms with Gasteiger partial charge in [-0.3, -0.25) is 0 Å². The van der Waals surface area contributed by atoms with Crippen molar-refractivity contribution in [2.45, 2.75) is 19.3 Å². The van der Waals surface area contributed by atoms with Crippen LogP contribution in [0.15, 0.2) is 223 Å². The Labute approximate surface area is 371 Å².